The summed E-state index contributed by atoms with van der Waals surface area (Å²) in [6.45, 7) is 2.84. The first-order chi connectivity index (χ1) is 11.6. The van der Waals surface area contributed by atoms with Crippen LogP contribution in [-0.2, 0) is 11.2 Å². The van der Waals surface area contributed by atoms with Crippen LogP contribution >= 0.6 is 23.1 Å². The van der Waals surface area contributed by atoms with Gasteiger partial charge in [0.05, 0.1) is 5.69 Å². The van der Waals surface area contributed by atoms with Crippen molar-refractivity contribution in [2.45, 2.75) is 25.8 Å². The highest BCUT2D eigenvalue weighted by Crippen LogP contribution is 2.26. The van der Waals surface area contributed by atoms with Gasteiger partial charge in [0.15, 0.2) is 5.13 Å². The van der Waals surface area contributed by atoms with Crippen LogP contribution in [0.4, 0.5) is 9.52 Å². The molecule has 0 aliphatic carbocycles. The van der Waals surface area contributed by atoms with Crippen molar-refractivity contribution in [3.8, 4) is 0 Å². The van der Waals surface area contributed by atoms with Gasteiger partial charge in [-0.2, -0.15) is 11.8 Å². The Morgan fingerprint density at radius 2 is 2.29 bits per heavy atom. The number of carbonyl (C=O) groups excluding carboxylic acids is 1. The Morgan fingerprint density at radius 3 is 3.04 bits per heavy atom. The maximum Gasteiger partial charge on any atom is 0.227 e. The third-order valence-corrected chi connectivity index (χ3v) is 6.08. The normalized spacial score (nSPS) is 17.7. The van der Waals surface area contributed by atoms with Crippen LogP contribution in [0.1, 0.15) is 22.6 Å². The number of anilines is 1. The van der Waals surface area contributed by atoms with E-state index in [1.807, 2.05) is 24.8 Å². The van der Waals surface area contributed by atoms with Crippen LogP contribution in [0.5, 0.6) is 0 Å². The summed E-state index contributed by atoms with van der Waals surface area (Å²) in [5.74, 6) is 1.82. The van der Waals surface area contributed by atoms with Gasteiger partial charge < -0.3 is 10.6 Å². The summed E-state index contributed by atoms with van der Waals surface area (Å²) in [6.07, 6.45) is 0.946. The molecule has 0 saturated carbocycles. The van der Waals surface area contributed by atoms with E-state index >= 15 is 0 Å². The molecule has 0 spiro atoms. The monoisotopic (exact) mass is 365 g/mol. The molecule has 0 radical (unpaired) electrons. The molecule has 24 heavy (non-hydrogen) atoms. The van der Waals surface area contributed by atoms with Gasteiger partial charge in [-0.3, -0.25) is 4.79 Å². The standard InChI is InChI=1S/C17H20FN3OS2/c1-11-15(8-12-4-2-3-5-14(12)18)24-17(20-11)21-16(22)9-13-10-23-7-6-19-13/h2-5,13,19H,6-10H2,1H3,(H,20,21,22). The highest BCUT2D eigenvalue weighted by Gasteiger charge is 2.18. The van der Waals surface area contributed by atoms with Crippen molar-refractivity contribution >= 4 is 34.1 Å². The van der Waals surface area contributed by atoms with Crippen molar-refractivity contribution in [1.82, 2.24) is 10.3 Å². The molecule has 1 aliphatic heterocycles. The minimum Gasteiger partial charge on any atom is -0.312 e. The fourth-order valence-corrected chi connectivity index (χ4v) is 4.56. The summed E-state index contributed by atoms with van der Waals surface area (Å²) in [4.78, 5) is 17.5. The molecule has 128 valence electrons. The largest absolute Gasteiger partial charge is 0.312 e. The van der Waals surface area contributed by atoms with Crippen LogP contribution < -0.4 is 10.6 Å². The number of carbonyl (C=O) groups is 1. The summed E-state index contributed by atoms with van der Waals surface area (Å²) in [6, 6.07) is 6.97. The minimum atomic E-state index is -0.211. The number of aryl methyl sites for hydroxylation is 1. The number of hydrogen-bond donors (Lipinski definition) is 2. The first-order valence-corrected chi connectivity index (χ1v) is 9.89. The van der Waals surface area contributed by atoms with E-state index in [0.29, 0.717) is 23.5 Å². The number of rotatable bonds is 5. The molecule has 4 nitrogen and oxygen atoms in total. The van der Waals surface area contributed by atoms with Gasteiger partial charge in [0.1, 0.15) is 5.82 Å². The van der Waals surface area contributed by atoms with Gasteiger partial charge in [0.2, 0.25) is 5.91 Å². The lowest BCUT2D eigenvalue weighted by molar-refractivity contribution is -0.116. The third-order valence-electron chi connectivity index (χ3n) is 3.88. The Morgan fingerprint density at radius 1 is 1.46 bits per heavy atom. The molecule has 0 bridgehead atoms. The predicted octanol–water partition coefficient (Wildman–Crippen LogP) is 3.22. The van der Waals surface area contributed by atoms with E-state index in [1.54, 1.807) is 12.1 Å². The average molecular weight is 365 g/mol. The number of thiazole rings is 1. The molecule has 1 aromatic heterocycles. The summed E-state index contributed by atoms with van der Waals surface area (Å²) < 4.78 is 13.8. The Kier molecular flexibility index (Phi) is 5.86. The zero-order valence-electron chi connectivity index (χ0n) is 13.5. The van der Waals surface area contributed by atoms with E-state index in [4.69, 9.17) is 0 Å². The van der Waals surface area contributed by atoms with Crippen molar-refractivity contribution in [2.75, 3.05) is 23.4 Å². The molecule has 1 amide bonds. The fourth-order valence-electron chi connectivity index (χ4n) is 2.61. The average Bonchev–Trinajstić information content (AvgIpc) is 2.90. The van der Waals surface area contributed by atoms with E-state index in [0.717, 1.165) is 28.6 Å². The second kappa shape index (κ2) is 8.09. The number of halogens is 1. The van der Waals surface area contributed by atoms with Crippen LogP contribution in [0.25, 0.3) is 0 Å². The van der Waals surface area contributed by atoms with E-state index in [-0.39, 0.29) is 17.8 Å². The Hall–Kier alpha value is -1.44. The fraction of sp³-hybridized carbons (Fsp3) is 0.412. The van der Waals surface area contributed by atoms with Crippen molar-refractivity contribution < 1.29 is 9.18 Å². The first-order valence-electron chi connectivity index (χ1n) is 7.92. The predicted molar refractivity (Wildman–Crippen MR) is 98.4 cm³/mol. The molecule has 7 heteroatoms. The summed E-state index contributed by atoms with van der Waals surface area (Å²) >= 11 is 3.29. The van der Waals surface area contributed by atoms with Gasteiger partial charge in [0, 0.05) is 41.8 Å². The first kappa shape index (κ1) is 17.4. The number of nitrogens with zero attached hydrogens (tertiary/aromatic N) is 1. The topological polar surface area (TPSA) is 54.0 Å². The summed E-state index contributed by atoms with van der Waals surface area (Å²) in [7, 11) is 0. The molecule has 3 rings (SSSR count). The lowest BCUT2D eigenvalue weighted by Gasteiger charge is -2.22. The van der Waals surface area contributed by atoms with Gasteiger partial charge in [-0.15, -0.1) is 11.3 Å². The SMILES string of the molecule is Cc1nc(NC(=O)CC2CSCCN2)sc1Cc1ccccc1F. The van der Waals surface area contributed by atoms with Crippen molar-refractivity contribution in [1.29, 1.82) is 0 Å². The molecular formula is C17H20FN3OS2. The van der Waals surface area contributed by atoms with Gasteiger partial charge in [0.25, 0.3) is 0 Å². The van der Waals surface area contributed by atoms with Crippen LogP contribution in [-0.4, -0.2) is 35.0 Å². The van der Waals surface area contributed by atoms with Crippen LogP contribution in [0.15, 0.2) is 24.3 Å². The van der Waals surface area contributed by atoms with Gasteiger partial charge in [-0.25, -0.2) is 9.37 Å². The number of benzene rings is 1. The van der Waals surface area contributed by atoms with Crippen molar-refractivity contribution in [3.05, 3.63) is 46.2 Å². The summed E-state index contributed by atoms with van der Waals surface area (Å²) in [5, 5.41) is 6.82. The smallest absolute Gasteiger partial charge is 0.227 e. The van der Waals surface area contributed by atoms with Crippen LogP contribution in [0, 0.1) is 12.7 Å². The zero-order valence-corrected chi connectivity index (χ0v) is 15.1. The number of hydrogen-bond acceptors (Lipinski definition) is 5. The lowest BCUT2D eigenvalue weighted by Crippen LogP contribution is -2.39. The van der Waals surface area contributed by atoms with Crippen LogP contribution in [0.3, 0.4) is 0 Å². The molecule has 2 N–H and O–H groups in total. The van der Waals surface area contributed by atoms with Crippen molar-refractivity contribution in [2.24, 2.45) is 0 Å². The zero-order chi connectivity index (χ0) is 16.9. The minimum absolute atomic E-state index is 0.0267. The van der Waals surface area contributed by atoms with E-state index < -0.39 is 0 Å². The van der Waals surface area contributed by atoms with Gasteiger partial charge in [-0.05, 0) is 18.6 Å². The Bertz CT molecular complexity index is 714. The molecule has 1 aliphatic rings. The van der Waals surface area contributed by atoms with E-state index in [2.05, 4.69) is 15.6 Å². The molecule has 1 fully saturated rings. The van der Waals surface area contributed by atoms with Gasteiger partial charge in [-0.1, -0.05) is 18.2 Å². The molecule has 2 aromatic rings. The number of nitrogens with one attached hydrogen (secondary N) is 2. The molecule has 1 aromatic carbocycles. The molecule has 1 atom stereocenters. The second-order valence-electron chi connectivity index (χ2n) is 5.77. The Balaban J connectivity index is 1.61. The number of amides is 1. The number of aromatic nitrogens is 1. The molecule has 1 unspecified atom stereocenters. The highest BCUT2D eigenvalue weighted by atomic mass is 32.2. The third kappa shape index (κ3) is 4.55. The quantitative estimate of drug-likeness (QED) is 0.854. The lowest BCUT2D eigenvalue weighted by atomic mass is 10.1. The van der Waals surface area contributed by atoms with Gasteiger partial charge >= 0.3 is 0 Å². The van der Waals surface area contributed by atoms with E-state index in [1.165, 1.54) is 17.4 Å². The number of thioether (sulfide) groups is 1. The summed E-state index contributed by atoms with van der Waals surface area (Å²) in [5.41, 5.74) is 1.48. The van der Waals surface area contributed by atoms with Crippen molar-refractivity contribution in [3.63, 3.8) is 0 Å². The second-order valence-corrected chi connectivity index (χ2v) is 8.01. The maximum absolute atomic E-state index is 13.8. The molecular weight excluding hydrogens is 345 g/mol. The molecule has 1 saturated heterocycles. The maximum atomic E-state index is 13.8. The Labute approximate surface area is 149 Å². The van der Waals surface area contributed by atoms with Crippen LogP contribution in [0.2, 0.25) is 0 Å². The molecule has 2 heterocycles. The van der Waals surface area contributed by atoms with E-state index in [9.17, 15) is 9.18 Å². The highest BCUT2D eigenvalue weighted by molar-refractivity contribution is 7.99.